The van der Waals surface area contributed by atoms with Crippen molar-refractivity contribution in [2.24, 2.45) is 5.73 Å². The highest BCUT2D eigenvalue weighted by molar-refractivity contribution is 5.89. The van der Waals surface area contributed by atoms with Crippen LogP contribution in [-0.4, -0.2) is 36.0 Å². The highest BCUT2D eigenvalue weighted by atomic mass is 16.1. The number of carbonyl (C=O) groups is 1. The molecule has 1 aliphatic rings. The number of amides is 1. The molecule has 0 aromatic heterocycles. The Labute approximate surface area is 108 Å². The van der Waals surface area contributed by atoms with Gasteiger partial charge in [0.1, 0.15) is 5.54 Å². The van der Waals surface area contributed by atoms with E-state index in [0.29, 0.717) is 12.6 Å². The summed E-state index contributed by atoms with van der Waals surface area (Å²) in [5.74, 6) is -0.276. The summed E-state index contributed by atoms with van der Waals surface area (Å²) in [6.07, 6.45) is 0.743. The summed E-state index contributed by atoms with van der Waals surface area (Å²) in [5.41, 5.74) is 7.08. The maximum atomic E-state index is 11.9. The fourth-order valence-corrected chi connectivity index (χ4v) is 2.61. The highest BCUT2D eigenvalue weighted by Gasteiger charge is 2.45. The van der Waals surface area contributed by atoms with Crippen LogP contribution in [0.15, 0.2) is 24.3 Å². The lowest BCUT2D eigenvalue weighted by atomic mass is 9.94. The number of para-hydroxylation sites is 1. The maximum Gasteiger partial charge on any atom is 0.244 e. The van der Waals surface area contributed by atoms with E-state index in [2.05, 4.69) is 17.1 Å². The number of anilines is 1. The molecular weight excluding hydrogens is 226 g/mol. The molecule has 1 amide bonds. The van der Waals surface area contributed by atoms with Gasteiger partial charge in [-0.25, -0.2) is 0 Å². The molecule has 2 rings (SSSR count). The Morgan fingerprint density at radius 3 is 2.67 bits per heavy atom. The first-order valence-electron chi connectivity index (χ1n) is 6.28. The van der Waals surface area contributed by atoms with E-state index < -0.39 is 5.54 Å². The SMILES string of the molecule is Cc1ccccc1NC1(C(N)=O)CC(C)N(C)C1. The number of hydrogen-bond acceptors (Lipinski definition) is 3. The molecule has 1 aliphatic heterocycles. The van der Waals surface area contributed by atoms with Gasteiger partial charge in [0.05, 0.1) is 0 Å². The monoisotopic (exact) mass is 247 g/mol. The number of nitrogens with one attached hydrogen (secondary N) is 1. The second-order valence-electron chi connectivity index (χ2n) is 5.35. The molecule has 2 atom stereocenters. The first-order chi connectivity index (χ1) is 8.44. The van der Waals surface area contributed by atoms with Gasteiger partial charge in [0.15, 0.2) is 0 Å². The predicted molar refractivity (Wildman–Crippen MR) is 73.4 cm³/mol. The zero-order valence-corrected chi connectivity index (χ0v) is 11.2. The molecule has 1 aromatic rings. The van der Waals surface area contributed by atoms with Crippen LogP contribution in [0.25, 0.3) is 0 Å². The largest absolute Gasteiger partial charge is 0.370 e. The number of likely N-dealkylation sites (tertiary alicyclic amines) is 1. The van der Waals surface area contributed by atoms with E-state index in [1.165, 1.54) is 0 Å². The summed E-state index contributed by atoms with van der Waals surface area (Å²) < 4.78 is 0. The van der Waals surface area contributed by atoms with Gasteiger partial charge in [0.25, 0.3) is 0 Å². The summed E-state index contributed by atoms with van der Waals surface area (Å²) in [6.45, 7) is 4.79. The third kappa shape index (κ3) is 2.20. The van der Waals surface area contributed by atoms with Crippen molar-refractivity contribution in [3.63, 3.8) is 0 Å². The van der Waals surface area contributed by atoms with Crippen molar-refractivity contribution in [2.45, 2.75) is 31.8 Å². The van der Waals surface area contributed by atoms with Crippen LogP contribution >= 0.6 is 0 Å². The van der Waals surface area contributed by atoms with Crippen molar-refractivity contribution in [1.29, 1.82) is 0 Å². The Bertz CT molecular complexity index is 448. The van der Waals surface area contributed by atoms with E-state index in [0.717, 1.165) is 17.7 Å². The number of carbonyl (C=O) groups excluding carboxylic acids is 1. The minimum atomic E-state index is -0.653. The maximum absolute atomic E-state index is 11.9. The second-order valence-corrected chi connectivity index (χ2v) is 5.35. The van der Waals surface area contributed by atoms with Gasteiger partial charge in [-0.3, -0.25) is 4.79 Å². The highest BCUT2D eigenvalue weighted by Crippen LogP contribution is 2.30. The Balaban J connectivity index is 2.29. The van der Waals surface area contributed by atoms with E-state index in [1.54, 1.807) is 0 Å². The fourth-order valence-electron chi connectivity index (χ4n) is 2.61. The standard InChI is InChI=1S/C14H21N3O/c1-10-6-4-5-7-12(10)16-14(13(15)18)8-11(2)17(3)9-14/h4-7,11,16H,8-9H2,1-3H3,(H2,15,18). The van der Waals surface area contributed by atoms with Crippen LogP contribution in [-0.2, 0) is 4.79 Å². The van der Waals surface area contributed by atoms with Crippen molar-refractivity contribution in [3.05, 3.63) is 29.8 Å². The third-order valence-corrected chi connectivity index (χ3v) is 3.91. The zero-order chi connectivity index (χ0) is 13.3. The van der Waals surface area contributed by atoms with Crippen molar-refractivity contribution in [1.82, 2.24) is 4.90 Å². The molecule has 0 spiro atoms. The van der Waals surface area contributed by atoms with Gasteiger partial charge < -0.3 is 16.0 Å². The fraction of sp³-hybridized carbons (Fsp3) is 0.500. The van der Waals surface area contributed by atoms with E-state index in [4.69, 9.17) is 5.73 Å². The summed E-state index contributed by atoms with van der Waals surface area (Å²) in [7, 11) is 2.02. The molecule has 1 heterocycles. The van der Waals surface area contributed by atoms with Gasteiger partial charge in [-0.05, 0) is 38.9 Å². The number of likely N-dealkylation sites (N-methyl/N-ethyl adjacent to an activating group) is 1. The topological polar surface area (TPSA) is 58.4 Å². The molecule has 2 unspecified atom stereocenters. The van der Waals surface area contributed by atoms with Crippen LogP contribution in [0.5, 0.6) is 0 Å². The molecule has 0 bridgehead atoms. The molecule has 0 radical (unpaired) electrons. The molecule has 0 aliphatic carbocycles. The van der Waals surface area contributed by atoms with Gasteiger partial charge >= 0.3 is 0 Å². The molecule has 4 heteroatoms. The number of nitrogens with zero attached hydrogens (tertiary/aromatic N) is 1. The summed E-state index contributed by atoms with van der Waals surface area (Å²) >= 11 is 0. The first-order valence-corrected chi connectivity index (χ1v) is 6.28. The van der Waals surface area contributed by atoms with Gasteiger partial charge in [0, 0.05) is 18.3 Å². The van der Waals surface area contributed by atoms with Gasteiger partial charge in [-0.1, -0.05) is 18.2 Å². The number of primary amides is 1. The molecule has 1 fully saturated rings. The number of nitrogens with two attached hydrogens (primary N) is 1. The number of benzene rings is 1. The lowest BCUT2D eigenvalue weighted by Crippen LogP contribution is -2.52. The van der Waals surface area contributed by atoms with Gasteiger partial charge in [0.2, 0.25) is 5.91 Å². The minimum absolute atomic E-state index is 0.276. The molecule has 3 N–H and O–H groups in total. The van der Waals surface area contributed by atoms with Crippen molar-refractivity contribution >= 4 is 11.6 Å². The number of aryl methyl sites for hydroxylation is 1. The second kappa shape index (κ2) is 4.61. The molecule has 1 aromatic carbocycles. The molecular formula is C14H21N3O. The Kier molecular flexibility index (Phi) is 3.30. The quantitative estimate of drug-likeness (QED) is 0.848. The number of hydrogen-bond donors (Lipinski definition) is 2. The smallest absolute Gasteiger partial charge is 0.244 e. The summed E-state index contributed by atoms with van der Waals surface area (Å²) in [5, 5.41) is 3.37. The van der Waals surface area contributed by atoms with Crippen LogP contribution in [0.2, 0.25) is 0 Å². The Morgan fingerprint density at radius 2 is 2.17 bits per heavy atom. The Hall–Kier alpha value is -1.55. The van der Waals surface area contributed by atoms with Crippen LogP contribution in [0.3, 0.4) is 0 Å². The Morgan fingerprint density at radius 1 is 1.50 bits per heavy atom. The van der Waals surface area contributed by atoms with E-state index in [-0.39, 0.29) is 5.91 Å². The van der Waals surface area contributed by atoms with E-state index >= 15 is 0 Å². The molecule has 18 heavy (non-hydrogen) atoms. The van der Waals surface area contributed by atoms with E-state index in [1.807, 2.05) is 38.2 Å². The predicted octanol–water partition coefficient (Wildman–Crippen LogP) is 1.36. The third-order valence-electron chi connectivity index (χ3n) is 3.91. The molecule has 98 valence electrons. The summed E-state index contributed by atoms with van der Waals surface area (Å²) in [6, 6.07) is 8.32. The van der Waals surface area contributed by atoms with Gasteiger partial charge in [-0.2, -0.15) is 0 Å². The van der Waals surface area contributed by atoms with Crippen molar-refractivity contribution in [2.75, 3.05) is 18.9 Å². The zero-order valence-electron chi connectivity index (χ0n) is 11.2. The average Bonchev–Trinajstić information content (AvgIpc) is 2.59. The lowest BCUT2D eigenvalue weighted by molar-refractivity contribution is -0.121. The van der Waals surface area contributed by atoms with Crippen LogP contribution < -0.4 is 11.1 Å². The first kappa shape index (κ1) is 12.9. The molecule has 4 nitrogen and oxygen atoms in total. The average molecular weight is 247 g/mol. The van der Waals surface area contributed by atoms with Crippen molar-refractivity contribution < 1.29 is 4.79 Å². The number of rotatable bonds is 3. The summed E-state index contributed by atoms with van der Waals surface area (Å²) in [4.78, 5) is 14.0. The van der Waals surface area contributed by atoms with E-state index in [9.17, 15) is 4.79 Å². The van der Waals surface area contributed by atoms with Crippen LogP contribution in [0, 0.1) is 6.92 Å². The lowest BCUT2D eigenvalue weighted by Gasteiger charge is -2.28. The van der Waals surface area contributed by atoms with Crippen LogP contribution in [0.4, 0.5) is 5.69 Å². The normalized spacial score (nSPS) is 28.3. The minimum Gasteiger partial charge on any atom is -0.370 e. The van der Waals surface area contributed by atoms with Crippen LogP contribution in [0.1, 0.15) is 18.9 Å². The van der Waals surface area contributed by atoms with Crippen molar-refractivity contribution in [3.8, 4) is 0 Å². The molecule has 0 saturated carbocycles. The van der Waals surface area contributed by atoms with Gasteiger partial charge in [-0.15, -0.1) is 0 Å². The molecule has 1 saturated heterocycles.